The zero-order chi connectivity index (χ0) is 25.5. The van der Waals surface area contributed by atoms with E-state index in [0.29, 0.717) is 42.1 Å². The van der Waals surface area contributed by atoms with Crippen molar-refractivity contribution in [3.8, 4) is 11.8 Å². The van der Waals surface area contributed by atoms with Gasteiger partial charge in [0.1, 0.15) is 17.3 Å². The third kappa shape index (κ3) is 4.29. The maximum Gasteiger partial charge on any atom is 0.261 e. The molecular formula is C27H26N6O4. The molecule has 0 radical (unpaired) electrons. The fourth-order valence-electron chi connectivity index (χ4n) is 4.61. The summed E-state index contributed by atoms with van der Waals surface area (Å²) in [5.41, 5.74) is 10.7. The van der Waals surface area contributed by atoms with Gasteiger partial charge in [-0.3, -0.25) is 9.69 Å². The second kappa shape index (κ2) is 9.29. The number of aromatic nitrogens is 4. The summed E-state index contributed by atoms with van der Waals surface area (Å²) >= 11 is 0. The van der Waals surface area contributed by atoms with Gasteiger partial charge in [0.15, 0.2) is 0 Å². The van der Waals surface area contributed by atoms with Crippen molar-refractivity contribution in [2.75, 3.05) is 24.9 Å². The van der Waals surface area contributed by atoms with Gasteiger partial charge in [0.05, 0.1) is 45.1 Å². The van der Waals surface area contributed by atoms with E-state index in [-0.39, 0.29) is 18.3 Å². The number of anilines is 2. The van der Waals surface area contributed by atoms with Crippen molar-refractivity contribution >= 4 is 28.3 Å². The van der Waals surface area contributed by atoms with Gasteiger partial charge in [0.2, 0.25) is 11.8 Å². The van der Waals surface area contributed by atoms with Gasteiger partial charge in [0, 0.05) is 35.3 Å². The van der Waals surface area contributed by atoms with Gasteiger partial charge in [-0.15, -0.1) is 0 Å². The Bertz CT molecular complexity index is 1500. The number of pyridine rings is 2. The lowest BCUT2D eigenvalue weighted by atomic mass is 10.0. The maximum atomic E-state index is 13.8. The van der Waals surface area contributed by atoms with Crippen molar-refractivity contribution in [1.82, 2.24) is 19.9 Å². The Balaban J connectivity index is 1.40. The average molecular weight is 499 g/mol. The van der Waals surface area contributed by atoms with Gasteiger partial charge < -0.3 is 19.9 Å². The molecule has 6 rings (SSSR count). The lowest BCUT2D eigenvalue weighted by molar-refractivity contribution is 0.0983. The number of nitrogens with two attached hydrogens (primary N) is 1. The molecule has 0 bridgehead atoms. The van der Waals surface area contributed by atoms with Crippen molar-refractivity contribution in [3.05, 3.63) is 70.8 Å². The summed E-state index contributed by atoms with van der Waals surface area (Å²) < 4.78 is 16.4. The first-order chi connectivity index (χ1) is 18.1. The summed E-state index contributed by atoms with van der Waals surface area (Å²) in [6.45, 7) is 1.22. The molecule has 1 saturated carbocycles. The van der Waals surface area contributed by atoms with Crippen molar-refractivity contribution in [2.45, 2.75) is 38.5 Å². The summed E-state index contributed by atoms with van der Waals surface area (Å²) in [7, 11) is 3.03. The second-order valence-corrected chi connectivity index (χ2v) is 9.18. The first-order valence-electron chi connectivity index (χ1n) is 12.1. The van der Waals surface area contributed by atoms with Gasteiger partial charge in [-0.1, -0.05) is 12.1 Å². The van der Waals surface area contributed by atoms with Crippen LogP contribution >= 0.6 is 0 Å². The minimum atomic E-state index is -0.275. The van der Waals surface area contributed by atoms with E-state index in [4.69, 9.17) is 19.9 Å². The lowest BCUT2D eigenvalue weighted by Gasteiger charge is -2.24. The molecule has 1 amide bonds. The van der Waals surface area contributed by atoms with Crippen LogP contribution < -0.4 is 20.1 Å². The molecule has 2 N–H and O–H groups in total. The number of amides is 1. The highest BCUT2D eigenvalue weighted by Gasteiger charge is 2.28. The van der Waals surface area contributed by atoms with Crippen molar-refractivity contribution in [3.63, 3.8) is 0 Å². The molecule has 1 aliphatic heterocycles. The molecule has 188 valence electrons. The van der Waals surface area contributed by atoms with Crippen LogP contribution in [0.15, 0.2) is 42.7 Å². The van der Waals surface area contributed by atoms with Crippen LogP contribution in [-0.2, 0) is 24.5 Å². The fourth-order valence-corrected chi connectivity index (χ4v) is 4.61. The molecule has 1 fully saturated rings. The summed E-state index contributed by atoms with van der Waals surface area (Å²) in [5.74, 6) is 2.02. The SMILES string of the molecule is COc1ccc(N(Cc2ccc3c4c(c(N)nc3c2)COC4)C(=O)c2cnc(C3CC3)nc2)c(OC)n1. The van der Waals surface area contributed by atoms with Crippen LogP contribution in [-0.4, -0.2) is 40.1 Å². The Morgan fingerprint density at radius 2 is 1.84 bits per heavy atom. The van der Waals surface area contributed by atoms with Crippen LogP contribution in [0.1, 0.15) is 51.6 Å². The predicted octanol–water partition coefficient (Wildman–Crippen LogP) is 3.77. The number of rotatable bonds is 7. The van der Waals surface area contributed by atoms with Gasteiger partial charge in [-0.2, -0.15) is 4.98 Å². The van der Waals surface area contributed by atoms with Gasteiger partial charge in [-0.05, 0) is 36.1 Å². The number of methoxy groups -OCH3 is 2. The summed E-state index contributed by atoms with van der Waals surface area (Å²) in [5, 5.41) is 0.996. The van der Waals surface area contributed by atoms with E-state index in [2.05, 4.69) is 19.9 Å². The number of ether oxygens (including phenoxy) is 3. The molecule has 37 heavy (non-hydrogen) atoms. The quantitative estimate of drug-likeness (QED) is 0.405. The van der Waals surface area contributed by atoms with Crippen LogP contribution in [0.5, 0.6) is 11.8 Å². The van der Waals surface area contributed by atoms with Crippen LogP contribution in [0.4, 0.5) is 11.5 Å². The number of carbonyl (C=O) groups excluding carboxylic acids is 1. The number of hydrogen-bond donors (Lipinski definition) is 1. The predicted molar refractivity (Wildman–Crippen MR) is 137 cm³/mol. The van der Waals surface area contributed by atoms with E-state index in [1.54, 1.807) is 29.4 Å². The van der Waals surface area contributed by atoms with E-state index in [9.17, 15) is 4.79 Å². The minimum absolute atomic E-state index is 0.235. The molecule has 4 heterocycles. The van der Waals surface area contributed by atoms with Crippen LogP contribution in [0.3, 0.4) is 0 Å². The molecule has 10 nitrogen and oxygen atoms in total. The normalized spacial score (nSPS) is 14.4. The third-order valence-electron chi connectivity index (χ3n) is 6.75. The third-order valence-corrected chi connectivity index (χ3v) is 6.75. The molecule has 1 aliphatic carbocycles. The highest BCUT2D eigenvalue weighted by atomic mass is 16.5. The summed E-state index contributed by atoms with van der Waals surface area (Å²) in [6.07, 6.45) is 5.35. The van der Waals surface area contributed by atoms with Crippen LogP contribution in [0, 0.1) is 0 Å². The Morgan fingerprint density at radius 3 is 2.57 bits per heavy atom. The molecule has 0 spiro atoms. The van der Waals surface area contributed by atoms with E-state index in [0.717, 1.165) is 46.3 Å². The Kier molecular flexibility index (Phi) is 5.80. The molecule has 10 heteroatoms. The topological polar surface area (TPSA) is 126 Å². The van der Waals surface area contributed by atoms with Gasteiger partial charge in [-0.25, -0.2) is 15.0 Å². The zero-order valence-corrected chi connectivity index (χ0v) is 20.6. The van der Waals surface area contributed by atoms with Gasteiger partial charge >= 0.3 is 0 Å². The summed E-state index contributed by atoms with van der Waals surface area (Å²) in [6, 6.07) is 9.38. The van der Waals surface area contributed by atoms with E-state index in [1.165, 1.54) is 14.2 Å². The van der Waals surface area contributed by atoms with Crippen LogP contribution in [0.25, 0.3) is 10.9 Å². The van der Waals surface area contributed by atoms with Crippen molar-refractivity contribution < 1.29 is 19.0 Å². The highest BCUT2D eigenvalue weighted by Crippen LogP contribution is 2.38. The van der Waals surface area contributed by atoms with Crippen molar-refractivity contribution in [2.24, 2.45) is 0 Å². The molecule has 0 saturated heterocycles. The Morgan fingerprint density at radius 1 is 1.05 bits per heavy atom. The molecule has 1 aromatic carbocycles. The first-order valence-corrected chi connectivity index (χ1v) is 12.1. The Hall–Kier alpha value is -4.31. The molecular weight excluding hydrogens is 472 g/mol. The zero-order valence-electron chi connectivity index (χ0n) is 20.6. The van der Waals surface area contributed by atoms with Crippen LogP contribution in [0.2, 0.25) is 0 Å². The van der Waals surface area contributed by atoms with Crippen molar-refractivity contribution in [1.29, 1.82) is 0 Å². The smallest absolute Gasteiger partial charge is 0.261 e. The maximum absolute atomic E-state index is 13.8. The average Bonchev–Trinajstić information content (AvgIpc) is 3.66. The first kappa shape index (κ1) is 23.1. The van der Waals surface area contributed by atoms with E-state index < -0.39 is 0 Å². The number of benzene rings is 1. The molecule has 3 aromatic heterocycles. The Labute approximate surface area is 213 Å². The standard InChI is InChI=1S/C27H26N6O4/c1-35-23-8-7-22(26(32-23)36-2)33(27(34)17-10-29-25(30-11-17)16-4-5-16)12-15-3-6-18-19-13-37-14-20(19)24(28)31-21(18)9-15/h3,6-11,16H,4-5,12-14H2,1-2H3,(H2,28,31). The molecule has 2 aliphatic rings. The number of hydrogen-bond acceptors (Lipinski definition) is 9. The molecule has 4 aromatic rings. The van der Waals surface area contributed by atoms with E-state index in [1.807, 2.05) is 18.2 Å². The molecule has 0 unspecified atom stereocenters. The monoisotopic (exact) mass is 498 g/mol. The minimum Gasteiger partial charge on any atom is -0.481 e. The largest absolute Gasteiger partial charge is 0.481 e. The number of carbonyl (C=O) groups is 1. The molecule has 0 atom stereocenters. The highest BCUT2D eigenvalue weighted by molar-refractivity contribution is 6.06. The van der Waals surface area contributed by atoms with Gasteiger partial charge in [0.25, 0.3) is 5.91 Å². The number of nitrogen functional groups attached to an aromatic ring is 1. The van der Waals surface area contributed by atoms with E-state index >= 15 is 0 Å². The number of fused-ring (bicyclic) bond motifs is 3. The second-order valence-electron chi connectivity index (χ2n) is 9.18. The fraction of sp³-hybridized carbons (Fsp3) is 0.296. The lowest BCUT2D eigenvalue weighted by Crippen LogP contribution is -2.31. The summed E-state index contributed by atoms with van der Waals surface area (Å²) in [4.78, 5) is 33.3. The number of nitrogens with zero attached hydrogens (tertiary/aromatic N) is 5.